The first-order valence-electron chi connectivity index (χ1n) is 13.5. The van der Waals surface area contributed by atoms with Gasteiger partial charge in [0.1, 0.15) is 18.2 Å². The molecule has 3 aromatic rings. The second kappa shape index (κ2) is 10.9. The zero-order valence-electron chi connectivity index (χ0n) is 23.8. The lowest BCUT2D eigenvalue weighted by molar-refractivity contribution is -0.118. The van der Waals surface area contributed by atoms with E-state index >= 15 is 0 Å². The number of nitriles is 1. The van der Waals surface area contributed by atoms with E-state index in [-0.39, 0.29) is 22.2 Å². The van der Waals surface area contributed by atoms with E-state index in [1.54, 1.807) is 29.3 Å². The summed E-state index contributed by atoms with van der Waals surface area (Å²) in [4.78, 5) is 20.0. The van der Waals surface area contributed by atoms with Crippen molar-refractivity contribution in [1.29, 1.82) is 5.26 Å². The second-order valence-corrected chi connectivity index (χ2v) is 12.4. The van der Waals surface area contributed by atoms with Crippen molar-refractivity contribution in [2.24, 2.45) is 11.1 Å². The van der Waals surface area contributed by atoms with Gasteiger partial charge in [-0.15, -0.1) is 0 Å². The summed E-state index contributed by atoms with van der Waals surface area (Å²) >= 11 is 12.7. The zero-order chi connectivity index (χ0) is 29.6. The van der Waals surface area contributed by atoms with Gasteiger partial charge < -0.3 is 10.5 Å². The van der Waals surface area contributed by atoms with Crippen LogP contribution in [0, 0.1) is 37.5 Å². The predicted octanol–water partition coefficient (Wildman–Crippen LogP) is 7.83. The molecule has 0 radical (unpaired) electrons. The Balaban J connectivity index is 1.66. The number of hydrogen-bond donors (Lipinski definition) is 1. The number of aryl methyl sites for hydroxylation is 3. The number of aromatic nitrogens is 1. The SMILES string of the molecule is Cc1cc(C)c(C2C(C#N)=C(N)N(c3cccnc3Cl)C3=C2C(=O)CC(C)(C)C3)cc1COc1ccc(Cl)cc1C. The van der Waals surface area contributed by atoms with E-state index in [2.05, 4.69) is 37.0 Å². The van der Waals surface area contributed by atoms with Crippen LogP contribution in [0.25, 0.3) is 0 Å². The van der Waals surface area contributed by atoms with Crippen molar-refractivity contribution in [2.45, 2.75) is 60.0 Å². The summed E-state index contributed by atoms with van der Waals surface area (Å²) in [5.74, 6) is 0.392. The molecule has 2 heterocycles. The van der Waals surface area contributed by atoms with E-state index in [1.807, 2.05) is 32.9 Å². The molecule has 0 saturated carbocycles. The molecule has 1 aliphatic carbocycles. The first kappa shape index (κ1) is 28.7. The van der Waals surface area contributed by atoms with Gasteiger partial charge in [0.05, 0.1) is 23.2 Å². The van der Waals surface area contributed by atoms with Gasteiger partial charge in [-0.2, -0.15) is 5.26 Å². The number of ether oxygens (including phenoxy) is 1. The van der Waals surface area contributed by atoms with Crippen molar-refractivity contribution in [1.82, 2.24) is 4.98 Å². The lowest BCUT2D eigenvalue weighted by Crippen LogP contribution is -2.42. The second-order valence-electron chi connectivity index (χ2n) is 11.6. The highest BCUT2D eigenvalue weighted by Crippen LogP contribution is 2.51. The maximum Gasteiger partial charge on any atom is 0.162 e. The molecule has 0 amide bonds. The molecule has 8 heteroatoms. The number of hydrogen-bond acceptors (Lipinski definition) is 6. The van der Waals surface area contributed by atoms with Gasteiger partial charge in [-0.25, -0.2) is 4.98 Å². The fraction of sp³-hybridized carbons (Fsp3) is 0.303. The van der Waals surface area contributed by atoms with Gasteiger partial charge in [-0.05, 0) is 90.8 Å². The average Bonchev–Trinajstić information content (AvgIpc) is 2.89. The van der Waals surface area contributed by atoms with Crippen molar-refractivity contribution in [3.63, 3.8) is 0 Å². The number of rotatable bonds is 5. The van der Waals surface area contributed by atoms with Gasteiger partial charge in [-0.1, -0.05) is 49.2 Å². The highest BCUT2D eigenvalue weighted by atomic mass is 35.5. The van der Waals surface area contributed by atoms with Crippen LogP contribution in [-0.2, 0) is 11.4 Å². The summed E-state index contributed by atoms with van der Waals surface area (Å²) in [6.07, 6.45) is 2.55. The minimum absolute atomic E-state index is 0.000997. The summed E-state index contributed by atoms with van der Waals surface area (Å²) in [6.45, 7) is 10.4. The number of Topliss-reactive ketones (excluding diaryl/α,β-unsaturated/α-hetero) is 1. The molecule has 0 saturated heterocycles. The van der Waals surface area contributed by atoms with E-state index < -0.39 is 5.92 Å². The normalized spacial score (nSPS) is 18.3. The van der Waals surface area contributed by atoms with E-state index in [0.29, 0.717) is 41.3 Å². The Hall–Kier alpha value is -3.79. The van der Waals surface area contributed by atoms with Gasteiger partial charge >= 0.3 is 0 Å². The number of allylic oxidation sites excluding steroid dienone is 3. The topological polar surface area (TPSA) is 92.2 Å². The van der Waals surface area contributed by atoms with Crippen molar-refractivity contribution in [3.8, 4) is 11.8 Å². The third-order valence-corrected chi connectivity index (χ3v) is 8.44. The monoisotopic (exact) mass is 586 g/mol. The fourth-order valence-corrected chi connectivity index (χ4v) is 6.38. The van der Waals surface area contributed by atoms with Gasteiger partial charge in [0.15, 0.2) is 10.9 Å². The number of nitrogens with zero attached hydrogens (tertiary/aromatic N) is 3. The third kappa shape index (κ3) is 5.32. The molecule has 5 rings (SSSR count). The minimum Gasteiger partial charge on any atom is -0.489 e. The van der Waals surface area contributed by atoms with Crippen LogP contribution in [0.3, 0.4) is 0 Å². The molecule has 0 fully saturated rings. The highest BCUT2D eigenvalue weighted by molar-refractivity contribution is 6.32. The van der Waals surface area contributed by atoms with Crippen LogP contribution in [0.2, 0.25) is 10.2 Å². The van der Waals surface area contributed by atoms with E-state index in [0.717, 1.165) is 39.3 Å². The maximum atomic E-state index is 14.0. The molecule has 6 nitrogen and oxygen atoms in total. The van der Waals surface area contributed by atoms with E-state index in [4.69, 9.17) is 33.7 Å². The molecule has 1 unspecified atom stereocenters. The van der Waals surface area contributed by atoms with Crippen LogP contribution < -0.4 is 15.4 Å². The van der Waals surface area contributed by atoms with Crippen LogP contribution in [0.4, 0.5) is 5.69 Å². The number of halogens is 2. The van der Waals surface area contributed by atoms with Crippen molar-refractivity contribution in [2.75, 3.05) is 4.90 Å². The highest BCUT2D eigenvalue weighted by Gasteiger charge is 2.45. The molecule has 2 aliphatic rings. The van der Waals surface area contributed by atoms with Crippen molar-refractivity contribution >= 4 is 34.7 Å². The molecule has 0 spiro atoms. The molecule has 1 atom stereocenters. The smallest absolute Gasteiger partial charge is 0.162 e. The van der Waals surface area contributed by atoms with Crippen LogP contribution in [0.5, 0.6) is 5.75 Å². The Morgan fingerprint density at radius 2 is 1.85 bits per heavy atom. The van der Waals surface area contributed by atoms with Gasteiger partial charge in [0.25, 0.3) is 0 Å². The standard InChI is InChI=1S/C33H32Cl2N4O2/c1-18-11-19(2)23(13-21(18)17-41-28-9-8-22(34)12-20(28)3)29-24(16-36)32(37)39(25-7-6-10-38-31(25)35)26-14-33(4,5)15-27(40)30(26)29/h6-13,29H,14-15,17,37H2,1-5H3. The molecule has 2 aromatic carbocycles. The first-order chi connectivity index (χ1) is 19.4. The van der Waals surface area contributed by atoms with Crippen molar-refractivity contribution in [3.05, 3.63) is 109 Å². The van der Waals surface area contributed by atoms with Crippen LogP contribution in [-0.4, -0.2) is 10.8 Å². The zero-order valence-corrected chi connectivity index (χ0v) is 25.3. The minimum atomic E-state index is -0.609. The van der Waals surface area contributed by atoms with Crippen molar-refractivity contribution < 1.29 is 9.53 Å². The third-order valence-electron chi connectivity index (χ3n) is 7.92. The largest absolute Gasteiger partial charge is 0.489 e. The Bertz CT molecular complexity index is 1680. The van der Waals surface area contributed by atoms with Crippen LogP contribution >= 0.6 is 23.2 Å². The van der Waals surface area contributed by atoms with Crippen LogP contribution in [0.15, 0.2) is 71.3 Å². The lowest BCUT2D eigenvalue weighted by Gasteiger charge is -2.44. The summed E-state index contributed by atoms with van der Waals surface area (Å²) in [5, 5.41) is 11.4. The molecular weight excluding hydrogens is 555 g/mol. The number of anilines is 1. The van der Waals surface area contributed by atoms with E-state index in [1.165, 1.54) is 0 Å². The molecule has 2 N–H and O–H groups in total. The Kier molecular flexibility index (Phi) is 7.63. The van der Waals surface area contributed by atoms with E-state index in [9.17, 15) is 10.1 Å². The Morgan fingerprint density at radius 1 is 1.10 bits per heavy atom. The summed E-state index contributed by atoms with van der Waals surface area (Å²) in [6, 6.07) is 15.6. The number of benzene rings is 2. The predicted molar refractivity (Wildman–Crippen MR) is 163 cm³/mol. The molecule has 210 valence electrons. The summed E-state index contributed by atoms with van der Waals surface area (Å²) < 4.78 is 6.19. The summed E-state index contributed by atoms with van der Waals surface area (Å²) in [7, 11) is 0. The average molecular weight is 588 g/mol. The van der Waals surface area contributed by atoms with Gasteiger partial charge in [0.2, 0.25) is 0 Å². The molecule has 0 bridgehead atoms. The first-order valence-corrected chi connectivity index (χ1v) is 14.2. The summed E-state index contributed by atoms with van der Waals surface area (Å²) in [5.41, 5.74) is 13.5. The Labute approximate surface area is 251 Å². The molecule has 1 aromatic heterocycles. The molecular formula is C33H32Cl2N4O2. The van der Waals surface area contributed by atoms with Gasteiger partial charge in [0, 0.05) is 28.9 Å². The quantitative estimate of drug-likeness (QED) is 0.306. The number of nitrogens with two attached hydrogens (primary N) is 1. The Morgan fingerprint density at radius 3 is 2.54 bits per heavy atom. The number of carbonyl (C=O) groups is 1. The fourth-order valence-electron chi connectivity index (χ4n) is 5.95. The maximum absolute atomic E-state index is 14.0. The lowest BCUT2D eigenvalue weighted by atomic mass is 9.68. The molecule has 1 aliphatic heterocycles. The number of ketones is 1. The van der Waals surface area contributed by atoms with Gasteiger partial charge in [-0.3, -0.25) is 9.69 Å². The number of carbonyl (C=O) groups excluding carboxylic acids is 1. The van der Waals surface area contributed by atoms with Crippen LogP contribution in [0.1, 0.15) is 60.4 Å². The molecule has 41 heavy (non-hydrogen) atoms. The number of pyridine rings is 1.